The number of nitrogens with one attached hydrogen (secondary N) is 5. The molecule has 2 aromatic carbocycles. The first-order valence-corrected chi connectivity index (χ1v) is 10.5. The van der Waals surface area contributed by atoms with Gasteiger partial charge >= 0.3 is 0 Å². The van der Waals surface area contributed by atoms with Crippen molar-refractivity contribution in [2.45, 2.75) is 0 Å². The number of carbonyl (C=O) groups is 1. The number of aromatic amines is 1. The molecular formula is C24H22N8O. The fraction of sp³-hybridized carbons (Fsp3) is 0.0833. The molecule has 0 unspecified atom stereocenters. The van der Waals surface area contributed by atoms with Gasteiger partial charge in [-0.15, -0.1) is 0 Å². The van der Waals surface area contributed by atoms with Crippen LogP contribution in [-0.2, 0) is 0 Å². The summed E-state index contributed by atoms with van der Waals surface area (Å²) in [4.78, 5) is 21.2. The molecule has 1 aliphatic heterocycles. The lowest BCUT2D eigenvalue weighted by Gasteiger charge is -2.13. The summed E-state index contributed by atoms with van der Waals surface area (Å²) in [5.41, 5.74) is 10.1. The van der Waals surface area contributed by atoms with E-state index in [0.29, 0.717) is 23.8 Å². The van der Waals surface area contributed by atoms with Crippen LogP contribution < -0.4 is 21.5 Å². The van der Waals surface area contributed by atoms with Gasteiger partial charge in [0.25, 0.3) is 5.91 Å². The van der Waals surface area contributed by atoms with Crippen LogP contribution in [0.3, 0.4) is 0 Å². The van der Waals surface area contributed by atoms with E-state index in [-0.39, 0.29) is 5.91 Å². The van der Waals surface area contributed by atoms with E-state index >= 15 is 0 Å². The summed E-state index contributed by atoms with van der Waals surface area (Å²) in [5, 5.41) is 14.8. The molecule has 0 fully saturated rings. The van der Waals surface area contributed by atoms with E-state index in [1.165, 1.54) is 0 Å². The third-order valence-corrected chi connectivity index (χ3v) is 5.11. The molecular weight excluding hydrogens is 416 g/mol. The molecule has 3 heterocycles. The van der Waals surface area contributed by atoms with E-state index in [9.17, 15) is 4.79 Å². The summed E-state index contributed by atoms with van der Waals surface area (Å²) in [5.74, 6) is 0.297. The first kappa shape index (κ1) is 20.3. The Morgan fingerprint density at radius 1 is 1.03 bits per heavy atom. The molecule has 5 N–H and O–H groups in total. The number of hydrogen-bond donors (Lipinski definition) is 5. The Kier molecular flexibility index (Phi) is 5.66. The first-order chi connectivity index (χ1) is 16.3. The largest absolute Gasteiger partial charge is 0.355 e. The maximum atomic E-state index is 12.7. The number of fused-ring (bicyclic) bond motifs is 1. The third kappa shape index (κ3) is 4.67. The van der Waals surface area contributed by atoms with Gasteiger partial charge in [-0.3, -0.25) is 30.7 Å². The number of hydrazine groups is 1. The summed E-state index contributed by atoms with van der Waals surface area (Å²) >= 11 is 0. The van der Waals surface area contributed by atoms with Crippen LogP contribution in [0, 0.1) is 0 Å². The van der Waals surface area contributed by atoms with E-state index < -0.39 is 0 Å². The number of para-hydroxylation sites is 1. The van der Waals surface area contributed by atoms with Crippen molar-refractivity contribution in [2.24, 2.45) is 4.99 Å². The molecule has 0 atom stereocenters. The molecule has 9 heteroatoms. The molecule has 0 spiro atoms. The van der Waals surface area contributed by atoms with Crippen LogP contribution in [0.1, 0.15) is 21.7 Å². The van der Waals surface area contributed by atoms with Gasteiger partial charge in [0.15, 0.2) is 0 Å². The lowest BCUT2D eigenvalue weighted by atomic mass is 10.1. The smallest absolute Gasteiger partial charge is 0.271 e. The Labute approximate surface area is 190 Å². The van der Waals surface area contributed by atoms with Crippen molar-refractivity contribution in [1.29, 1.82) is 0 Å². The number of pyridine rings is 1. The molecule has 0 aliphatic carbocycles. The van der Waals surface area contributed by atoms with Gasteiger partial charge in [-0.2, -0.15) is 5.10 Å². The second-order valence-corrected chi connectivity index (χ2v) is 7.36. The molecule has 1 aliphatic rings. The topological polar surface area (TPSA) is 119 Å². The molecule has 164 valence electrons. The number of anilines is 2. The standard InChI is InChI=1S/C24H22N8O/c33-23(31-32-24-26-13-14-27-24)19-6-1-2-7-20(19)28-17-8-10-18-21(29-30-22(18)15-17)11-9-16-5-3-4-12-25-16/h1-12,15,28H,13-14H2,(H,29,30)(H,31,33)(H2,26,27,32)/b11-9+. The Morgan fingerprint density at radius 2 is 1.94 bits per heavy atom. The maximum absolute atomic E-state index is 12.7. The molecule has 0 bridgehead atoms. The van der Waals surface area contributed by atoms with Crippen molar-refractivity contribution in [3.8, 4) is 0 Å². The SMILES string of the molecule is O=C(NNC1=NCCN1)c1ccccc1Nc1ccc2c(/C=C/c3ccccn3)n[nH]c2c1. The minimum atomic E-state index is -0.265. The molecule has 2 aromatic heterocycles. The molecule has 1 amide bonds. The summed E-state index contributed by atoms with van der Waals surface area (Å²) in [6, 6.07) is 19.0. The quantitative estimate of drug-likeness (QED) is 0.306. The summed E-state index contributed by atoms with van der Waals surface area (Å²) in [7, 11) is 0. The van der Waals surface area contributed by atoms with Crippen molar-refractivity contribution in [3.05, 3.63) is 83.8 Å². The molecule has 0 saturated heterocycles. The molecule has 4 aromatic rings. The van der Waals surface area contributed by atoms with Crippen LogP contribution in [0.15, 0.2) is 71.9 Å². The van der Waals surface area contributed by atoms with Gasteiger partial charge in [-0.05, 0) is 54.6 Å². The third-order valence-electron chi connectivity index (χ3n) is 5.11. The van der Waals surface area contributed by atoms with Gasteiger partial charge in [0, 0.05) is 23.8 Å². The van der Waals surface area contributed by atoms with Crippen molar-refractivity contribution < 1.29 is 4.79 Å². The Balaban J connectivity index is 1.32. The summed E-state index contributed by atoms with van der Waals surface area (Å²) in [6.07, 6.45) is 5.62. The van der Waals surface area contributed by atoms with Gasteiger partial charge in [0.1, 0.15) is 0 Å². The number of nitrogens with zero attached hydrogens (tertiary/aromatic N) is 3. The minimum Gasteiger partial charge on any atom is -0.355 e. The van der Waals surface area contributed by atoms with E-state index in [4.69, 9.17) is 0 Å². The number of benzene rings is 2. The normalized spacial score (nSPS) is 13.0. The van der Waals surface area contributed by atoms with Crippen molar-refractivity contribution in [1.82, 2.24) is 31.3 Å². The molecule has 9 nitrogen and oxygen atoms in total. The van der Waals surface area contributed by atoms with Crippen LogP contribution >= 0.6 is 0 Å². The number of H-pyrrole nitrogens is 1. The zero-order valence-corrected chi connectivity index (χ0v) is 17.7. The number of aromatic nitrogens is 3. The van der Waals surface area contributed by atoms with Crippen molar-refractivity contribution in [3.63, 3.8) is 0 Å². The zero-order valence-electron chi connectivity index (χ0n) is 17.7. The fourth-order valence-corrected chi connectivity index (χ4v) is 3.50. The first-order valence-electron chi connectivity index (χ1n) is 10.5. The minimum absolute atomic E-state index is 0.265. The van der Waals surface area contributed by atoms with E-state index in [2.05, 4.69) is 41.7 Å². The van der Waals surface area contributed by atoms with E-state index in [1.54, 1.807) is 12.3 Å². The lowest BCUT2D eigenvalue weighted by Crippen LogP contribution is -2.46. The van der Waals surface area contributed by atoms with Crippen LogP contribution in [0.2, 0.25) is 0 Å². The predicted molar refractivity (Wildman–Crippen MR) is 130 cm³/mol. The molecule has 0 radical (unpaired) electrons. The molecule has 33 heavy (non-hydrogen) atoms. The summed E-state index contributed by atoms with van der Waals surface area (Å²) < 4.78 is 0. The highest BCUT2D eigenvalue weighted by Gasteiger charge is 2.13. The summed E-state index contributed by atoms with van der Waals surface area (Å²) in [6.45, 7) is 1.44. The van der Waals surface area contributed by atoms with Gasteiger partial charge < -0.3 is 10.6 Å². The number of carbonyl (C=O) groups excluding carboxylic acids is 1. The highest BCUT2D eigenvalue weighted by Crippen LogP contribution is 2.26. The average Bonchev–Trinajstić information content (AvgIpc) is 3.52. The van der Waals surface area contributed by atoms with Gasteiger partial charge in [-0.25, -0.2) is 0 Å². The predicted octanol–water partition coefficient (Wildman–Crippen LogP) is 3.07. The van der Waals surface area contributed by atoms with E-state index in [0.717, 1.165) is 34.5 Å². The molecule has 0 saturated carbocycles. The van der Waals surface area contributed by atoms with Crippen LogP contribution in [0.5, 0.6) is 0 Å². The highest BCUT2D eigenvalue weighted by molar-refractivity contribution is 6.01. The second-order valence-electron chi connectivity index (χ2n) is 7.36. The highest BCUT2D eigenvalue weighted by atomic mass is 16.2. The van der Waals surface area contributed by atoms with Gasteiger partial charge in [0.05, 0.1) is 34.7 Å². The Hall–Kier alpha value is -4.66. The zero-order chi connectivity index (χ0) is 22.5. The maximum Gasteiger partial charge on any atom is 0.271 e. The Bertz CT molecular complexity index is 1340. The monoisotopic (exact) mass is 438 g/mol. The number of hydrogen-bond acceptors (Lipinski definition) is 7. The number of rotatable bonds is 5. The lowest BCUT2D eigenvalue weighted by molar-refractivity contribution is 0.0944. The van der Waals surface area contributed by atoms with Crippen LogP contribution in [0.25, 0.3) is 23.1 Å². The molecule has 5 rings (SSSR count). The van der Waals surface area contributed by atoms with Crippen LogP contribution in [0.4, 0.5) is 11.4 Å². The number of aliphatic imine (C=N–C) groups is 1. The Morgan fingerprint density at radius 3 is 2.79 bits per heavy atom. The second kappa shape index (κ2) is 9.23. The van der Waals surface area contributed by atoms with Crippen LogP contribution in [-0.4, -0.2) is 40.1 Å². The number of amides is 1. The van der Waals surface area contributed by atoms with E-state index in [1.807, 2.05) is 66.7 Å². The average molecular weight is 438 g/mol. The number of guanidine groups is 1. The van der Waals surface area contributed by atoms with Crippen molar-refractivity contribution in [2.75, 3.05) is 18.4 Å². The van der Waals surface area contributed by atoms with Gasteiger partial charge in [-0.1, -0.05) is 18.2 Å². The fourth-order valence-electron chi connectivity index (χ4n) is 3.50. The van der Waals surface area contributed by atoms with Crippen molar-refractivity contribution >= 4 is 46.3 Å². The van der Waals surface area contributed by atoms with Gasteiger partial charge in [0.2, 0.25) is 5.96 Å².